The highest BCUT2D eigenvalue weighted by molar-refractivity contribution is 5.92. The first-order chi connectivity index (χ1) is 8.03. The number of pyridine rings is 1. The number of amides is 1. The van der Waals surface area contributed by atoms with Crippen molar-refractivity contribution in [2.75, 3.05) is 18.9 Å². The molecule has 0 saturated heterocycles. The van der Waals surface area contributed by atoms with Gasteiger partial charge in [0.1, 0.15) is 5.69 Å². The Hall–Kier alpha value is -1.58. The summed E-state index contributed by atoms with van der Waals surface area (Å²) >= 11 is 0. The van der Waals surface area contributed by atoms with Crippen LogP contribution in [0.15, 0.2) is 18.3 Å². The van der Waals surface area contributed by atoms with E-state index in [0.29, 0.717) is 11.1 Å². The molecule has 1 fully saturated rings. The normalized spacial score (nSPS) is 20.8. The third-order valence-corrected chi connectivity index (χ3v) is 3.49. The molecule has 17 heavy (non-hydrogen) atoms. The maximum Gasteiger partial charge on any atom is 0.269 e. The molecule has 1 aromatic heterocycles. The molecular formula is C13H19N3O. The van der Waals surface area contributed by atoms with Gasteiger partial charge in [0.2, 0.25) is 0 Å². The van der Waals surface area contributed by atoms with Crippen molar-refractivity contribution in [3.8, 4) is 0 Å². The molecule has 92 valence electrons. The quantitative estimate of drug-likeness (QED) is 0.835. The summed E-state index contributed by atoms with van der Waals surface area (Å²) in [4.78, 5) is 15.4. The standard InChI is InChI=1S/C13H19N3O/c1-13(2)7-9(13)8-16-10-4-5-15-11(6-10)12(17)14-3/h4-6,9H,7-8H2,1-3H3,(H,14,17)(H,15,16). The van der Waals surface area contributed by atoms with Gasteiger partial charge in [-0.15, -0.1) is 0 Å². The number of hydrogen-bond acceptors (Lipinski definition) is 3. The molecule has 0 spiro atoms. The van der Waals surface area contributed by atoms with E-state index in [1.165, 1.54) is 6.42 Å². The van der Waals surface area contributed by atoms with E-state index < -0.39 is 0 Å². The molecule has 1 aliphatic carbocycles. The summed E-state index contributed by atoms with van der Waals surface area (Å²) in [6, 6.07) is 3.68. The molecule has 0 bridgehead atoms. The minimum atomic E-state index is -0.152. The summed E-state index contributed by atoms with van der Waals surface area (Å²) in [6.07, 6.45) is 2.93. The van der Waals surface area contributed by atoms with Crippen LogP contribution in [0.5, 0.6) is 0 Å². The lowest BCUT2D eigenvalue weighted by atomic mass is 10.1. The minimum absolute atomic E-state index is 0.152. The third kappa shape index (κ3) is 2.75. The van der Waals surface area contributed by atoms with E-state index in [0.717, 1.165) is 18.2 Å². The molecule has 2 rings (SSSR count). The van der Waals surface area contributed by atoms with Crippen LogP contribution in [-0.2, 0) is 0 Å². The van der Waals surface area contributed by atoms with Gasteiger partial charge in [-0.3, -0.25) is 9.78 Å². The van der Waals surface area contributed by atoms with Crippen LogP contribution in [0.4, 0.5) is 5.69 Å². The number of hydrogen-bond donors (Lipinski definition) is 2. The van der Waals surface area contributed by atoms with Gasteiger partial charge in [0.15, 0.2) is 0 Å². The average molecular weight is 233 g/mol. The molecule has 1 aliphatic rings. The Morgan fingerprint density at radius 1 is 1.59 bits per heavy atom. The van der Waals surface area contributed by atoms with E-state index in [9.17, 15) is 4.79 Å². The molecule has 1 unspecified atom stereocenters. The predicted molar refractivity (Wildman–Crippen MR) is 68.0 cm³/mol. The molecule has 1 saturated carbocycles. The van der Waals surface area contributed by atoms with Gasteiger partial charge in [-0.2, -0.15) is 0 Å². The third-order valence-electron chi connectivity index (χ3n) is 3.49. The monoisotopic (exact) mass is 233 g/mol. The van der Waals surface area contributed by atoms with E-state index in [-0.39, 0.29) is 5.91 Å². The van der Waals surface area contributed by atoms with Crippen LogP contribution in [0.3, 0.4) is 0 Å². The van der Waals surface area contributed by atoms with Crippen molar-refractivity contribution in [1.29, 1.82) is 0 Å². The van der Waals surface area contributed by atoms with E-state index in [2.05, 4.69) is 29.5 Å². The second-order valence-corrected chi connectivity index (χ2v) is 5.28. The molecule has 4 heteroatoms. The van der Waals surface area contributed by atoms with Crippen molar-refractivity contribution in [2.24, 2.45) is 11.3 Å². The summed E-state index contributed by atoms with van der Waals surface area (Å²) in [7, 11) is 1.61. The maximum absolute atomic E-state index is 11.4. The van der Waals surface area contributed by atoms with Crippen LogP contribution in [0.25, 0.3) is 0 Å². The van der Waals surface area contributed by atoms with Crippen molar-refractivity contribution in [2.45, 2.75) is 20.3 Å². The molecule has 0 aromatic carbocycles. The van der Waals surface area contributed by atoms with Crippen molar-refractivity contribution < 1.29 is 4.79 Å². The zero-order valence-electron chi connectivity index (χ0n) is 10.6. The van der Waals surface area contributed by atoms with E-state index in [4.69, 9.17) is 0 Å². The average Bonchev–Trinajstić information content (AvgIpc) is 2.94. The van der Waals surface area contributed by atoms with Crippen LogP contribution in [0.1, 0.15) is 30.8 Å². The number of carbonyl (C=O) groups is 1. The molecule has 0 aliphatic heterocycles. The molecule has 4 nitrogen and oxygen atoms in total. The fourth-order valence-electron chi connectivity index (χ4n) is 1.96. The summed E-state index contributed by atoms with van der Waals surface area (Å²) < 4.78 is 0. The lowest BCUT2D eigenvalue weighted by molar-refractivity contribution is 0.0958. The van der Waals surface area contributed by atoms with Crippen LogP contribution < -0.4 is 10.6 Å². The van der Waals surface area contributed by atoms with Gasteiger partial charge in [0, 0.05) is 25.5 Å². The smallest absolute Gasteiger partial charge is 0.269 e. The Morgan fingerprint density at radius 3 is 2.88 bits per heavy atom. The minimum Gasteiger partial charge on any atom is -0.385 e. The first-order valence-electron chi connectivity index (χ1n) is 5.95. The second-order valence-electron chi connectivity index (χ2n) is 5.28. The summed E-state index contributed by atoms with van der Waals surface area (Å²) in [6.45, 7) is 5.52. The van der Waals surface area contributed by atoms with Gasteiger partial charge in [-0.1, -0.05) is 13.8 Å². The number of aromatic nitrogens is 1. The Labute approximate surface area is 102 Å². The first-order valence-corrected chi connectivity index (χ1v) is 5.95. The Bertz CT molecular complexity index is 428. The molecule has 2 N–H and O–H groups in total. The fraction of sp³-hybridized carbons (Fsp3) is 0.538. The van der Waals surface area contributed by atoms with Gasteiger partial charge in [-0.25, -0.2) is 0 Å². The summed E-state index contributed by atoms with van der Waals surface area (Å²) in [5.74, 6) is 0.583. The lowest BCUT2D eigenvalue weighted by Gasteiger charge is -2.08. The van der Waals surface area contributed by atoms with Crippen LogP contribution >= 0.6 is 0 Å². The van der Waals surface area contributed by atoms with Gasteiger partial charge in [0.25, 0.3) is 5.91 Å². The zero-order valence-corrected chi connectivity index (χ0v) is 10.6. The highest BCUT2D eigenvalue weighted by Crippen LogP contribution is 2.51. The fourth-order valence-corrected chi connectivity index (χ4v) is 1.96. The molecule has 1 atom stereocenters. The van der Waals surface area contributed by atoms with E-state index in [1.54, 1.807) is 19.3 Å². The number of carbonyl (C=O) groups excluding carboxylic acids is 1. The van der Waals surface area contributed by atoms with Crippen LogP contribution in [0.2, 0.25) is 0 Å². The topological polar surface area (TPSA) is 54.0 Å². The highest BCUT2D eigenvalue weighted by Gasteiger charge is 2.44. The number of anilines is 1. The molecule has 1 amide bonds. The molecular weight excluding hydrogens is 214 g/mol. The largest absolute Gasteiger partial charge is 0.385 e. The second kappa shape index (κ2) is 4.35. The van der Waals surface area contributed by atoms with Crippen molar-refractivity contribution >= 4 is 11.6 Å². The number of nitrogens with zero attached hydrogens (tertiary/aromatic N) is 1. The summed E-state index contributed by atoms with van der Waals surface area (Å²) in [5, 5.41) is 5.93. The van der Waals surface area contributed by atoms with E-state index >= 15 is 0 Å². The van der Waals surface area contributed by atoms with E-state index in [1.807, 2.05) is 6.07 Å². The lowest BCUT2D eigenvalue weighted by Crippen LogP contribution is -2.19. The van der Waals surface area contributed by atoms with Crippen molar-refractivity contribution in [3.05, 3.63) is 24.0 Å². The van der Waals surface area contributed by atoms with Crippen molar-refractivity contribution in [1.82, 2.24) is 10.3 Å². The Kier molecular flexibility index (Phi) is 3.05. The van der Waals surface area contributed by atoms with Gasteiger partial charge in [0.05, 0.1) is 0 Å². The van der Waals surface area contributed by atoms with Gasteiger partial charge in [-0.05, 0) is 29.9 Å². The number of rotatable bonds is 4. The van der Waals surface area contributed by atoms with Gasteiger partial charge >= 0.3 is 0 Å². The van der Waals surface area contributed by atoms with Crippen LogP contribution in [-0.4, -0.2) is 24.5 Å². The summed E-state index contributed by atoms with van der Waals surface area (Å²) in [5.41, 5.74) is 1.89. The molecule has 0 radical (unpaired) electrons. The molecule has 1 heterocycles. The number of nitrogens with one attached hydrogen (secondary N) is 2. The van der Waals surface area contributed by atoms with Crippen LogP contribution in [0, 0.1) is 11.3 Å². The Morgan fingerprint density at radius 2 is 2.29 bits per heavy atom. The Balaban J connectivity index is 1.95. The highest BCUT2D eigenvalue weighted by atomic mass is 16.1. The molecule has 1 aromatic rings. The first kappa shape index (κ1) is 11.9. The SMILES string of the molecule is CNC(=O)c1cc(NCC2CC2(C)C)ccn1. The maximum atomic E-state index is 11.4. The zero-order chi connectivity index (χ0) is 12.5. The van der Waals surface area contributed by atoms with Gasteiger partial charge < -0.3 is 10.6 Å². The predicted octanol–water partition coefficient (Wildman–Crippen LogP) is 1.90. The van der Waals surface area contributed by atoms with Crippen molar-refractivity contribution in [3.63, 3.8) is 0 Å².